The maximum Gasteiger partial charge on any atom is 0.273 e. The van der Waals surface area contributed by atoms with Gasteiger partial charge in [0, 0.05) is 7.05 Å². The number of benzene rings is 1. The van der Waals surface area contributed by atoms with E-state index in [0.717, 1.165) is 10.6 Å². The molecule has 0 atom stereocenters. The van der Waals surface area contributed by atoms with E-state index in [1.807, 2.05) is 0 Å². The first kappa shape index (κ1) is 12.6. The Labute approximate surface area is 101 Å². The van der Waals surface area contributed by atoms with Crippen molar-refractivity contribution in [2.45, 2.75) is 5.16 Å². The van der Waals surface area contributed by atoms with E-state index in [9.17, 15) is 17.2 Å². The highest BCUT2D eigenvalue weighted by molar-refractivity contribution is 7.89. The summed E-state index contributed by atoms with van der Waals surface area (Å²) in [6.45, 7) is 0. The molecular formula is C9H8F2N4O2S. The van der Waals surface area contributed by atoms with Gasteiger partial charge in [-0.2, -0.15) is 0 Å². The van der Waals surface area contributed by atoms with Gasteiger partial charge in [-0.25, -0.2) is 22.3 Å². The van der Waals surface area contributed by atoms with Gasteiger partial charge in [-0.05, 0) is 12.1 Å². The molecule has 6 nitrogen and oxygen atoms in total. The SMILES string of the molecule is Cn1c(-c2cccc(F)c2F)nnc1S(N)(=O)=O. The molecule has 0 radical (unpaired) electrons. The average molecular weight is 274 g/mol. The predicted molar refractivity (Wildman–Crippen MR) is 57.7 cm³/mol. The molecule has 9 heteroatoms. The van der Waals surface area contributed by atoms with Gasteiger partial charge in [0.15, 0.2) is 17.5 Å². The molecule has 0 bridgehead atoms. The molecule has 0 amide bonds. The maximum absolute atomic E-state index is 13.5. The molecule has 0 fully saturated rings. The number of nitrogens with zero attached hydrogens (tertiary/aromatic N) is 3. The second kappa shape index (κ2) is 4.10. The number of hydrogen-bond donors (Lipinski definition) is 1. The van der Waals surface area contributed by atoms with Crippen LogP contribution in [0.15, 0.2) is 23.4 Å². The van der Waals surface area contributed by atoms with Gasteiger partial charge < -0.3 is 0 Å². The fourth-order valence-corrected chi connectivity index (χ4v) is 2.10. The third-order valence-corrected chi connectivity index (χ3v) is 3.15. The van der Waals surface area contributed by atoms with Crippen molar-refractivity contribution in [1.29, 1.82) is 0 Å². The molecule has 0 aliphatic carbocycles. The van der Waals surface area contributed by atoms with Crippen molar-refractivity contribution in [3.05, 3.63) is 29.8 Å². The molecule has 1 heterocycles. The fraction of sp³-hybridized carbons (Fsp3) is 0.111. The number of hydrogen-bond acceptors (Lipinski definition) is 4. The summed E-state index contributed by atoms with van der Waals surface area (Å²) in [7, 11) is -2.78. The molecule has 2 rings (SSSR count). The van der Waals surface area contributed by atoms with Crippen LogP contribution in [0.25, 0.3) is 11.4 Å². The van der Waals surface area contributed by atoms with E-state index in [1.165, 1.54) is 19.2 Å². The Morgan fingerprint density at radius 1 is 1.28 bits per heavy atom. The molecule has 1 aromatic heterocycles. The lowest BCUT2D eigenvalue weighted by Gasteiger charge is -2.04. The van der Waals surface area contributed by atoms with Crippen molar-refractivity contribution in [1.82, 2.24) is 14.8 Å². The van der Waals surface area contributed by atoms with E-state index >= 15 is 0 Å². The summed E-state index contributed by atoms with van der Waals surface area (Å²) in [5, 5.41) is 11.2. The van der Waals surface area contributed by atoms with Crippen LogP contribution >= 0.6 is 0 Å². The minimum absolute atomic E-state index is 0.129. The largest absolute Gasteiger partial charge is 0.300 e. The van der Waals surface area contributed by atoms with Gasteiger partial charge in [0.25, 0.3) is 15.2 Å². The molecule has 2 aromatic rings. The monoisotopic (exact) mass is 274 g/mol. The van der Waals surface area contributed by atoms with E-state index in [2.05, 4.69) is 10.2 Å². The second-order valence-electron chi connectivity index (χ2n) is 3.51. The maximum atomic E-state index is 13.5. The molecule has 0 saturated carbocycles. The molecule has 18 heavy (non-hydrogen) atoms. The Balaban J connectivity index is 2.67. The number of primary sulfonamides is 1. The lowest BCUT2D eigenvalue weighted by Crippen LogP contribution is -2.17. The van der Waals surface area contributed by atoms with Crippen molar-refractivity contribution in [2.75, 3.05) is 0 Å². The summed E-state index contributed by atoms with van der Waals surface area (Å²) in [6.07, 6.45) is 0. The van der Waals surface area contributed by atoms with Gasteiger partial charge in [0.05, 0.1) is 5.56 Å². The molecule has 1 aromatic carbocycles. The quantitative estimate of drug-likeness (QED) is 0.858. The van der Waals surface area contributed by atoms with Crippen LogP contribution in [-0.4, -0.2) is 23.2 Å². The minimum Gasteiger partial charge on any atom is -0.300 e. The van der Waals surface area contributed by atoms with Gasteiger partial charge in [-0.1, -0.05) is 6.07 Å². The molecule has 96 valence electrons. The molecule has 0 aliphatic heterocycles. The van der Waals surface area contributed by atoms with Crippen molar-refractivity contribution in [2.24, 2.45) is 12.2 Å². The first-order chi connectivity index (χ1) is 8.32. The van der Waals surface area contributed by atoms with Gasteiger partial charge in [-0.3, -0.25) is 4.57 Å². The number of aromatic nitrogens is 3. The standard InChI is InChI=1S/C9H8F2N4O2S/c1-15-8(13-14-9(15)18(12,16)17)5-3-2-4-6(10)7(5)11/h2-4H,1H3,(H2,12,16,17). The molecular weight excluding hydrogens is 266 g/mol. The van der Waals surface area contributed by atoms with Crippen molar-refractivity contribution in [3.63, 3.8) is 0 Å². The van der Waals surface area contributed by atoms with E-state index in [1.54, 1.807) is 0 Å². The van der Waals surface area contributed by atoms with E-state index in [0.29, 0.717) is 0 Å². The van der Waals surface area contributed by atoms with Gasteiger partial charge in [0.2, 0.25) is 0 Å². The van der Waals surface area contributed by atoms with E-state index in [-0.39, 0.29) is 11.4 Å². The summed E-state index contributed by atoms with van der Waals surface area (Å²) >= 11 is 0. The van der Waals surface area contributed by atoms with E-state index in [4.69, 9.17) is 5.14 Å². The predicted octanol–water partition coefficient (Wildman–Crippen LogP) is 0.408. The molecule has 0 aliphatic rings. The van der Waals surface area contributed by atoms with E-state index < -0.39 is 26.8 Å². The Bertz CT molecular complexity index is 711. The smallest absolute Gasteiger partial charge is 0.273 e. The summed E-state index contributed by atoms with van der Waals surface area (Å²) in [6, 6.07) is 3.48. The zero-order valence-electron chi connectivity index (χ0n) is 9.13. The van der Waals surface area contributed by atoms with Gasteiger partial charge >= 0.3 is 0 Å². The Morgan fingerprint density at radius 2 is 1.94 bits per heavy atom. The first-order valence-corrected chi connectivity index (χ1v) is 6.23. The summed E-state index contributed by atoms with van der Waals surface area (Å²) in [5.74, 6) is -2.32. The van der Waals surface area contributed by atoms with Crippen LogP contribution in [0.5, 0.6) is 0 Å². The second-order valence-corrected chi connectivity index (χ2v) is 4.97. The minimum atomic E-state index is -4.07. The van der Waals surface area contributed by atoms with Crippen LogP contribution in [0.1, 0.15) is 0 Å². The molecule has 0 spiro atoms. The summed E-state index contributed by atoms with van der Waals surface area (Å²) < 4.78 is 49.9. The van der Waals surface area contributed by atoms with Crippen LogP contribution in [0.4, 0.5) is 8.78 Å². The van der Waals surface area contributed by atoms with Crippen LogP contribution in [-0.2, 0) is 17.1 Å². The highest BCUT2D eigenvalue weighted by Crippen LogP contribution is 2.23. The number of sulfonamides is 1. The third kappa shape index (κ3) is 1.97. The first-order valence-electron chi connectivity index (χ1n) is 4.69. The summed E-state index contributed by atoms with van der Waals surface area (Å²) in [5.41, 5.74) is -0.195. The average Bonchev–Trinajstić information content (AvgIpc) is 2.64. The van der Waals surface area contributed by atoms with Crippen LogP contribution in [0, 0.1) is 11.6 Å². The third-order valence-electron chi connectivity index (χ3n) is 2.28. The zero-order chi connectivity index (χ0) is 13.5. The van der Waals surface area contributed by atoms with Crippen molar-refractivity contribution < 1.29 is 17.2 Å². The Hall–Kier alpha value is -1.87. The van der Waals surface area contributed by atoms with Crippen LogP contribution in [0.2, 0.25) is 0 Å². The molecule has 0 saturated heterocycles. The number of nitrogens with two attached hydrogens (primary N) is 1. The van der Waals surface area contributed by atoms with Crippen molar-refractivity contribution in [3.8, 4) is 11.4 Å². The highest BCUT2D eigenvalue weighted by Gasteiger charge is 2.22. The normalized spacial score (nSPS) is 11.8. The highest BCUT2D eigenvalue weighted by atomic mass is 32.2. The van der Waals surface area contributed by atoms with Crippen molar-refractivity contribution >= 4 is 10.0 Å². The topological polar surface area (TPSA) is 90.9 Å². The fourth-order valence-electron chi connectivity index (χ4n) is 1.47. The van der Waals surface area contributed by atoms with Gasteiger partial charge in [0.1, 0.15) is 0 Å². The Kier molecular flexibility index (Phi) is 2.87. The molecule has 2 N–H and O–H groups in total. The van der Waals surface area contributed by atoms with Crippen LogP contribution < -0.4 is 5.14 Å². The lowest BCUT2D eigenvalue weighted by molar-refractivity contribution is 0.510. The van der Waals surface area contributed by atoms with Crippen LogP contribution in [0.3, 0.4) is 0 Å². The number of halogens is 2. The zero-order valence-corrected chi connectivity index (χ0v) is 9.95. The summed E-state index contributed by atoms with van der Waals surface area (Å²) in [4.78, 5) is 0. The number of rotatable bonds is 2. The lowest BCUT2D eigenvalue weighted by atomic mass is 10.2. The van der Waals surface area contributed by atoms with Gasteiger partial charge in [-0.15, -0.1) is 10.2 Å². The Morgan fingerprint density at radius 3 is 2.50 bits per heavy atom. The molecule has 0 unspecified atom stereocenters.